The smallest absolute Gasteiger partial charge is 0.336 e. The maximum Gasteiger partial charge on any atom is 0.336 e. The minimum atomic E-state index is -1.52. The Balaban J connectivity index is 1.55. The van der Waals surface area contributed by atoms with Gasteiger partial charge in [-0.1, -0.05) is 94.5 Å². The number of carbonyl (C=O) groups is 4. The fraction of sp³-hybridized carbons (Fsp3) is 0.529. The highest BCUT2D eigenvalue weighted by atomic mass is 16.5. The fourth-order valence-corrected chi connectivity index (χ4v) is 6.30. The Morgan fingerprint density at radius 1 is 0.953 bits per heavy atom. The summed E-state index contributed by atoms with van der Waals surface area (Å²) in [6, 6.07) is 14.2. The third-order valence-electron chi connectivity index (χ3n) is 8.60. The third-order valence-corrected chi connectivity index (χ3v) is 8.60. The van der Waals surface area contributed by atoms with Crippen LogP contribution in [0.15, 0.2) is 54.6 Å². The number of esters is 1. The summed E-state index contributed by atoms with van der Waals surface area (Å²) in [6.45, 7) is 4.21. The largest absolute Gasteiger partial charge is 0.467 e. The van der Waals surface area contributed by atoms with Gasteiger partial charge in [-0.25, -0.2) is 4.79 Å². The summed E-state index contributed by atoms with van der Waals surface area (Å²) in [6.07, 6.45) is 4.81. The van der Waals surface area contributed by atoms with Crippen LogP contribution in [-0.2, 0) is 32.1 Å². The molecule has 1 aliphatic carbocycles. The lowest BCUT2D eigenvalue weighted by Crippen LogP contribution is -2.58. The van der Waals surface area contributed by atoms with Crippen molar-refractivity contribution in [1.82, 2.24) is 15.5 Å². The zero-order valence-electron chi connectivity index (χ0n) is 25.5. The van der Waals surface area contributed by atoms with Crippen LogP contribution in [0.1, 0.15) is 80.3 Å². The zero-order valence-corrected chi connectivity index (χ0v) is 25.5. The van der Waals surface area contributed by atoms with E-state index in [0.29, 0.717) is 24.9 Å². The summed E-state index contributed by atoms with van der Waals surface area (Å²) in [7, 11) is 1.21. The molecule has 3 amide bonds. The van der Waals surface area contributed by atoms with Crippen molar-refractivity contribution in [2.45, 2.75) is 96.0 Å². The van der Waals surface area contributed by atoms with Crippen LogP contribution in [0.3, 0.4) is 0 Å². The molecule has 9 heteroatoms. The second-order valence-corrected chi connectivity index (χ2v) is 12.3. The maximum absolute atomic E-state index is 14.0. The zero-order chi connectivity index (χ0) is 30.9. The maximum atomic E-state index is 14.0. The third kappa shape index (κ3) is 8.44. The van der Waals surface area contributed by atoms with Crippen LogP contribution in [0.4, 0.5) is 0 Å². The first-order chi connectivity index (χ1) is 20.7. The first-order valence-corrected chi connectivity index (χ1v) is 15.5. The highest BCUT2D eigenvalue weighted by Gasteiger charge is 2.39. The summed E-state index contributed by atoms with van der Waals surface area (Å²) in [5.41, 5.74) is 2.33. The number of aliphatic hydroxyl groups excluding tert-OH is 1. The molecule has 4 rings (SSSR count). The van der Waals surface area contributed by atoms with Gasteiger partial charge in [0.1, 0.15) is 12.1 Å². The topological polar surface area (TPSA) is 125 Å². The van der Waals surface area contributed by atoms with Gasteiger partial charge in [-0.2, -0.15) is 0 Å². The van der Waals surface area contributed by atoms with Crippen molar-refractivity contribution in [2.24, 2.45) is 11.8 Å². The number of nitrogens with zero attached hydrogens (tertiary/aromatic N) is 1. The van der Waals surface area contributed by atoms with E-state index in [-0.39, 0.29) is 24.2 Å². The summed E-state index contributed by atoms with van der Waals surface area (Å²) in [5.74, 6) is -1.59. The summed E-state index contributed by atoms with van der Waals surface area (Å²) >= 11 is 0. The molecule has 232 valence electrons. The molecule has 9 nitrogen and oxygen atoms in total. The van der Waals surface area contributed by atoms with Gasteiger partial charge in [0.25, 0.3) is 5.91 Å². The molecule has 1 heterocycles. The van der Waals surface area contributed by atoms with Gasteiger partial charge >= 0.3 is 5.97 Å². The Morgan fingerprint density at radius 2 is 1.63 bits per heavy atom. The minimum absolute atomic E-state index is 0.0589. The van der Waals surface area contributed by atoms with Gasteiger partial charge in [0.15, 0.2) is 6.10 Å². The van der Waals surface area contributed by atoms with Crippen molar-refractivity contribution in [3.8, 4) is 0 Å². The molecule has 4 atom stereocenters. The van der Waals surface area contributed by atoms with Gasteiger partial charge in [0.05, 0.1) is 13.2 Å². The van der Waals surface area contributed by atoms with Gasteiger partial charge < -0.3 is 25.4 Å². The first kappa shape index (κ1) is 32.2. The van der Waals surface area contributed by atoms with Crippen molar-refractivity contribution in [3.63, 3.8) is 0 Å². The lowest BCUT2D eigenvalue weighted by atomic mass is 9.83. The molecule has 0 bridgehead atoms. The molecule has 1 fully saturated rings. The normalized spacial score (nSPS) is 18.0. The summed E-state index contributed by atoms with van der Waals surface area (Å²) in [4.78, 5) is 55.1. The second-order valence-electron chi connectivity index (χ2n) is 12.3. The van der Waals surface area contributed by atoms with E-state index >= 15 is 0 Å². The number of carbonyl (C=O) groups excluding carboxylic acids is 4. The molecule has 1 aliphatic heterocycles. The number of ether oxygens (including phenoxy) is 1. The molecular formula is C34H45N3O6. The van der Waals surface area contributed by atoms with Gasteiger partial charge in [-0.15, -0.1) is 0 Å². The predicted octanol–water partition coefficient (Wildman–Crippen LogP) is 3.77. The van der Waals surface area contributed by atoms with Crippen molar-refractivity contribution in [1.29, 1.82) is 0 Å². The minimum Gasteiger partial charge on any atom is -0.467 e. The Hall–Kier alpha value is -3.72. The molecule has 1 saturated carbocycles. The Kier molecular flexibility index (Phi) is 11.3. The molecule has 0 saturated heterocycles. The van der Waals surface area contributed by atoms with Gasteiger partial charge in [0.2, 0.25) is 11.8 Å². The number of aliphatic hydroxyl groups is 1. The summed E-state index contributed by atoms with van der Waals surface area (Å²) < 4.78 is 4.79. The van der Waals surface area contributed by atoms with Crippen molar-refractivity contribution in [2.75, 3.05) is 7.11 Å². The Labute approximate surface area is 254 Å². The second kappa shape index (κ2) is 15.1. The number of benzene rings is 2. The number of hydrogen-bond acceptors (Lipinski definition) is 6. The number of nitrogens with one attached hydrogen (secondary N) is 2. The number of methoxy groups -OCH3 is 1. The van der Waals surface area contributed by atoms with Crippen molar-refractivity contribution in [3.05, 3.63) is 71.3 Å². The molecule has 43 heavy (non-hydrogen) atoms. The van der Waals surface area contributed by atoms with Crippen LogP contribution in [-0.4, -0.2) is 65.0 Å². The SMILES string of the molecule is COC(=O)C(O)C(CC1CCCCC1)NC(=O)C(CC(C)C)NC(=O)C(Cc1ccccc1)N1Cc2ccccc2C1=O. The first-order valence-electron chi connectivity index (χ1n) is 15.5. The van der Waals surface area contributed by atoms with E-state index in [1.54, 1.807) is 11.0 Å². The lowest BCUT2D eigenvalue weighted by Gasteiger charge is -2.32. The Bertz CT molecular complexity index is 1260. The number of amides is 3. The lowest BCUT2D eigenvalue weighted by molar-refractivity contribution is -0.153. The van der Waals surface area contributed by atoms with Crippen LogP contribution in [0, 0.1) is 11.8 Å². The van der Waals surface area contributed by atoms with Crippen LogP contribution in [0.5, 0.6) is 0 Å². The molecule has 3 N–H and O–H groups in total. The quantitative estimate of drug-likeness (QED) is 0.305. The molecule has 2 aliphatic rings. The average Bonchev–Trinajstić information content (AvgIpc) is 3.34. The van der Waals surface area contributed by atoms with Crippen molar-refractivity contribution < 1.29 is 29.0 Å². The molecule has 2 aromatic carbocycles. The molecular weight excluding hydrogens is 546 g/mol. The van der Waals surface area contributed by atoms with Crippen LogP contribution in [0.2, 0.25) is 0 Å². The van der Waals surface area contributed by atoms with E-state index in [9.17, 15) is 24.3 Å². The average molecular weight is 592 g/mol. The van der Waals surface area contributed by atoms with E-state index < -0.39 is 42.0 Å². The molecule has 0 radical (unpaired) electrons. The highest BCUT2D eigenvalue weighted by Crippen LogP contribution is 2.29. The molecule has 4 unspecified atom stereocenters. The van der Waals surface area contributed by atoms with Gasteiger partial charge in [-0.05, 0) is 41.9 Å². The van der Waals surface area contributed by atoms with Crippen LogP contribution >= 0.6 is 0 Å². The van der Waals surface area contributed by atoms with E-state index in [1.165, 1.54) is 7.11 Å². The number of rotatable bonds is 13. The number of fused-ring (bicyclic) bond motifs is 1. The molecule has 0 spiro atoms. The predicted molar refractivity (Wildman–Crippen MR) is 163 cm³/mol. The fourth-order valence-electron chi connectivity index (χ4n) is 6.30. The van der Waals surface area contributed by atoms with Crippen LogP contribution < -0.4 is 10.6 Å². The van der Waals surface area contributed by atoms with E-state index in [0.717, 1.165) is 43.2 Å². The van der Waals surface area contributed by atoms with E-state index in [1.807, 2.05) is 62.4 Å². The highest BCUT2D eigenvalue weighted by molar-refractivity contribution is 6.01. The Morgan fingerprint density at radius 3 is 2.28 bits per heavy atom. The monoisotopic (exact) mass is 591 g/mol. The molecule has 0 aromatic heterocycles. The van der Waals surface area contributed by atoms with Gasteiger partial charge in [0, 0.05) is 18.5 Å². The van der Waals surface area contributed by atoms with E-state index in [4.69, 9.17) is 4.74 Å². The van der Waals surface area contributed by atoms with Crippen LogP contribution in [0.25, 0.3) is 0 Å². The number of hydrogen-bond donors (Lipinski definition) is 3. The molecule has 2 aromatic rings. The standard InChI is InChI=1S/C34H45N3O6/c1-22(2)18-28(31(39)35-27(30(38)34(42)43-3)19-23-12-6-4-7-13-23)36-32(40)29(20-24-14-8-5-9-15-24)37-21-25-16-10-11-17-26(25)33(37)41/h5,8-11,14-17,22-23,27-30,38H,4,6-7,12-13,18-21H2,1-3H3,(H,35,39)(H,36,40). The van der Waals surface area contributed by atoms with E-state index in [2.05, 4.69) is 10.6 Å². The van der Waals surface area contributed by atoms with Crippen molar-refractivity contribution >= 4 is 23.7 Å². The summed E-state index contributed by atoms with van der Waals surface area (Å²) in [5, 5.41) is 16.6. The van der Waals surface area contributed by atoms with Gasteiger partial charge in [-0.3, -0.25) is 14.4 Å².